The van der Waals surface area contributed by atoms with Crippen molar-refractivity contribution in [2.24, 2.45) is 11.8 Å². The van der Waals surface area contributed by atoms with Gasteiger partial charge in [-0.3, -0.25) is 10.1 Å². The molecule has 1 aromatic rings. The van der Waals surface area contributed by atoms with Crippen LogP contribution in [-0.2, 0) is 6.42 Å². The van der Waals surface area contributed by atoms with Crippen LogP contribution in [0.4, 0.5) is 5.69 Å². The largest absolute Gasteiger partial charge is 0.313 e. The Balaban J connectivity index is 1.56. The second kappa shape index (κ2) is 5.29. The summed E-state index contributed by atoms with van der Waals surface area (Å²) < 4.78 is 0. The van der Waals surface area contributed by atoms with Crippen LogP contribution in [-0.4, -0.2) is 17.5 Å². The van der Waals surface area contributed by atoms with Crippen molar-refractivity contribution in [3.8, 4) is 0 Å². The van der Waals surface area contributed by atoms with Crippen molar-refractivity contribution in [2.45, 2.75) is 38.1 Å². The highest BCUT2D eigenvalue weighted by Crippen LogP contribution is 2.38. The van der Waals surface area contributed by atoms with E-state index in [-0.39, 0.29) is 10.6 Å². The summed E-state index contributed by atoms with van der Waals surface area (Å²) in [5.74, 6) is 1.78. The highest BCUT2D eigenvalue weighted by molar-refractivity contribution is 5.32. The van der Waals surface area contributed by atoms with E-state index >= 15 is 0 Å². The molecule has 102 valence electrons. The summed E-state index contributed by atoms with van der Waals surface area (Å²) in [6, 6.07) is 7.65. The molecule has 0 amide bonds. The molecule has 3 rings (SSSR count). The monoisotopic (exact) mass is 260 g/mol. The number of rotatable bonds is 4. The molecule has 1 saturated carbocycles. The predicted molar refractivity (Wildman–Crippen MR) is 74.0 cm³/mol. The number of nitro benzene ring substituents is 1. The van der Waals surface area contributed by atoms with Crippen LogP contribution in [0, 0.1) is 22.0 Å². The minimum absolute atomic E-state index is 0.179. The smallest absolute Gasteiger partial charge is 0.269 e. The first-order chi connectivity index (χ1) is 9.24. The van der Waals surface area contributed by atoms with E-state index in [0.717, 1.165) is 24.7 Å². The van der Waals surface area contributed by atoms with Gasteiger partial charge in [0.15, 0.2) is 0 Å². The Labute approximate surface area is 113 Å². The van der Waals surface area contributed by atoms with Gasteiger partial charge in [0.1, 0.15) is 0 Å². The Bertz CT molecular complexity index is 458. The van der Waals surface area contributed by atoms with E-state index in [4.69, 9.17) is 0 Å². The summed E-state index contributed by atoms with van der Waals surface area (Å²) in [5, 5.41) is 14.2. The molecule has 0 aromatic heterocycles. The number of non-ortho nitro benzene ring substituents is 1. The molecule has 1 aliphatic carbocycles. The number of nitrogens with one attached hydrogen (secondary N) is 1. The molecule has 3 atom stereocenters. The van der Waals surface area contributed by atoms with Gasteiger partial charge in [-0.2, -0.15) is 0 Å². The summed E-state index contributed by atoms with van der Waals surface area (Å²) in [5.41, 5.74) is 1.38. The lowest BCUT2D eigenvalue weighted by Crippen LogP contribution is -2.27. The molecule has 4 heteroatoms. The normalized spacial score (nSPS) is 29.4. The second-order valence-corrected chi connectivity index (χ2v) is 5.83. The molecule has 2 aliphatic rings. The number of nitro groups is 1. The average Bonchev–Trinajstić information content (AvgIpc) is 3.00. The molecular formula is C15H20N2O2. The van der Waals surface area contributed by atoms with Gasteiger partial charge in [-0.25, -0.2) is 0 Å². The van der Waals surface area contributed by atoms with Gasteiger partial charge in [0.2, 0.25) is 0 Å². The summed E-state index contributed by atoms with van der Waals surface area (Å²) in [7, 11) is 0. The first-order valence-corrected chi connectivity index (χ1v) is 7.21. The number of fused-ring (bicyclic) bond motifs is 1. The molecule has 1 aromatic carbocycles. The zero-order valence-corrected chi connectivity index (χ0v) is 11.0. The van der Waals surface area contributed by atoms with Crippen LogP contribution in [0.25, 0.3) is 0 Å². The van der Waals surface area contributed by atoms with E-state index < -0.39 is 0 Å². The lowest BCUT2D eigenvalue weighted by molar-refractivity contribution is -0.384. The van der Waals surface area contributed by atoms with E-state index in [9.17, 15) is 10.1 Å². The van der Waals surface area contributed by atoms with Crippen molar-refractivity contribution in [3.63, 3.8) is 0 Å². The van der Waals surface area contributed by atoms with Crippen LogP contribution in [0.15, 0.2) is 24.3 Å². The number of benzene rings is 1. The zero-order chi connectivity index (χ0) is 13.2. The van der Waals surface area contributed by atoms with Crippen LogP contribution in [0.5, 0.6) is 0 Å². The maximum absolute atomic E-state index is 10.6. The molecule has 19 heavy (non-hydrogen) atoms. The Morgan fingerprint density at radius 2 is 2.05 bits per heavy atom. The third kappa shape index (κ3) is 2.63. The number of aryl methyl sites for hydroxylation is 1. The van der Waals surface area contributed by atoms with Crippen molar-refractivity contribution in [1.82, 2.24) is 5.32 Å². The molecule has 3 unspecified atom stereocenters. The van der Waals surface area contributed by atoms with E-state index in [2.05, 4.69) is 5.32 Å². The van der Waals surface area contributed by atoms with Gasteiger partial charge in [0, 0.05) is 18.2 Å². The standard InChI is InChI=1S/C15H20N2O2/c18-17(19)13-7-4-11(5-8-13)6-9-15-14-3-1-2-12(14)10-16-15/h4-5,7-8,12,14-16H,1-3,6,9-10H2. The molecular weight excluding hydrogens is 240 g/mol. The number of hydrogen-bond donors (Lipinski definition) is 1. The van der Waals surface area contributed by atoms with Crippen molar-refractivity contribution < 1.29 is 4.92 Å². The third-order valence-corrected chi connectivity index (χ3v) is 4.77. The quantitative estimate of drug-likeness (QED) is 0.669. The van der Waals surface area contributed by atoms with Crippen molar-refractivity contribution in [3.05, 3.63) is 39.9 Å². The maximum Gasteiger partial charge on any atom is 0.269 e. The Morgan fingerprint density at radius 3 is 2.79 bits per heavy atom. The first-order valence-electron chi connectivity index (χ1n) is 7.21. The molecule has 4 nitrogen and oxygen atoms in total. The molecule has 0 radical (unpaired) electrons. The number of nitrogens with zero attached hydrogens (tertiary/aromatic N) is 1. The molecule has 1 saturated heterocycles. The Kier molecular flexibility index (Phi) is 3.51. The van der Waals surface area contributed by atoms with Crippen molar-refractivity contribution in [2.75, 3.05) is 6.54 Å². The minimum atomic E-state index is -0.342. The highest BCUT2D eigenvalue weighted by atomic mass is 16.6. The van der Waals surface area contributed by atoms with Gasteiger partial charge < -0.3 is 5.32 Å². The Hall–Kier alpha value is -1.42. The van der Waals surface area contributed by atoms with E-state index in [1.54, 1.807) is 12.1 Å². The van der Waals surface area contributed by atoms with Crippen LogP contribution in [0.2, 0.25) is 0 Å². The topological polar surface area (TPSA) is 55.2 Å². The summed E-state index contributed by atoms with van der Waals surface area (Å²) in [4.78, 5) is 10.3. The van der Waals surface area contributed by atoms with E-state index in [1.807, 2.05) is 12.1 Å². The fourth-order valence-corrected chi connectivity index (χ4v) is 3.73. The predicted octanol–water partition coefficient (Wildman–Crippen LogP) is 2.92. The lowest BCUT2D eigenvalue weighted by Gasteiger charge is -2.18. The molecule has 0 spiro atoms. The van der Waals surface area contributed by atoms with Crippen LogP contribution in [0.1, 0.15) is 31.2 Å². The molecule has 0 bridgehead atoms. The minimum Gasteiger partial charge on any atom is -0.313 e. The summed E-state index contributed by atoms with van der Waals surface area (Å²) in [6.07, 6.45) is 6.33. The van der Waals surface area contributed by atoms with E-state index in [1.165, 1.54) is 31.4 Å². The van der Waals surface area contributed by atoms with Gasteiger partial charge in [-0.05, 0) is 49.6 Å². The maximum atomic E-state index is 10.6. The van der Waals surface area contributed by atoms with Crippen molar-refractivity contribution >= 4 is 5.69 Å². The average molecular weight is 260 g/mol. The highest BCUT2D eigenvalue weighted by Gasteiger charge is 2.38. The fourth-order valence-electron chi connectivity index (χ4n) is 3.73. The Morgan fingerprint density at radius 1 is 1.26 bits per heavy atom. The summed E-state index contributed by atoms with van der Waals surface area (Å²) >= 11 is 0. The second-order valence-electron chi connectivity index (χ2n) is 5.83. The lowest BCUT2D eigenvalue weighted by atomic mass is 9.90. The zero-order valence-electron chi connectivity index (χ0n) is 11.0. The SMILES string of the molecule is O=[N+]([O-])c1ccc(CCC2NCC3CCCC32)cc1. The molecule has 1 aliphatic heterocycles. The van der Waals surface area contributed by atoms with Gasteiger partial charge in [0.25, 0.3) is 5.69 Å². The third-order valence-electron chi connectivity index (χ3n) is 4.77. The summed E-state index contributed by atoms with van der Waals surface area (Å²) in [6.45, 7) is 1.19. The van der Waals surface area contributed by atoms with Gasteiger partial charge in [-0.1, -0.05) is 18.6 Å². The number of hydrogen-bond acceptors (Lipinski definition) is 3. The van der Waals surface area contributed by atoms with Crippen molar-refractivity contribution in [1.29, 1.82) is 0 Å². The van der Waals surface area contributed by atoms with Crippen LogP contribution < -0.4 is 5.32 Å². The van der Waals surface area contributed by atoms with Gasteiger partial charge >= 0.3 is 0 Å². The van der Waals surface area contributed by atoms with Crippen LogP contribution >= 0.6 is 0 Å². The first kappa shape index (κ1) is 12.6. The van der Waals surface area contributed by atoms with E-state index in [0.29, 0.717) is 6.04 Å². The van der Waals surface area contributed by atoms with Gasteiger partial charge in [0.05, 0.1) is 4.92 Å². The molecule has 1 N–H and O–H groups in total. The molecule has 1 heterocycles. The van der Waals surface area contributed by atoms with Crippen LogP contribution in [0.3, 0.4) is 0 Å². The molecule has 2 fully saturated rings. The van der Waals surface area contributed by atoms with Gasteiger partial charge in [-0.15, -0.1) is 0 Å². The fraction of sp³-hybridized carbons (Fsp3) is 0.600.